The van der Waals surface area contributed by atoms with Gasteiger partial charge in [-0.2, -0.15) is 5.01 Å². The van der Waals surface area contributed by atoms with Crippen LogP contribution in [0, 0.1) is 0 Å². The number of rotatable bonds is 8. The number of amides is 4. The number of hydrazine groups is 1. The molecule has 11 nitrogen and oxygen atoms in total. The zero-order valence-corrected chi connectivity index (χ0v) is 19.3. The number of methoxy groups -OCH3 is 1. The molecule has 2 N–H and O–H groups in total. The minimum Gasteiger partial charge on any atom is -0.497 e. The maximum Gasteiger partial charge on any atom is 0.344 e. The van der Waals surface area contributed by atoms with Gasteiger partial charge in [-0.05, 0) is 37.1 Å². The summed E-state index contributed by atoms with van der Waals surface area (Å²) in [6, 6.07) is 6.60. The SMILES string of the molecule is COc1ccc(OCc2nnc(SCC(=O)NN3C(=O)NC4(CCCCC4)C3=O)n2C)cc1. The van der Waals surface area contributed by atoms with E-state index in [0.29, 0.717) is 29.6 Å². The van der Waals surface area contributed by atoms with Gasteiger partial charge in [-0.3, -0.25) is 15.0 Å². The van der Waals surface area contributed by atoms with Crippen molar-refractivity contribution < 1.29 is 23.9 Å². The first-order valence-electron chi connectivity index (χ1n) is 10.7. The van der Waals surface area contributed by atoms with Crippen molar-refractivity contribution in [3.63, 3.8) is 0 Å². The highest BCUT2D eigenvalue weighted by Crippen LogP contribution is 2.33. The van der Waals surface area contributed by atoms with Crippen molar-refractivity contribution in [3.8, 4) is 11.5 Å². The molecule has 0 unspecified atom stereocenters. The van der Waals surface area contributed by atoms with Crippen LogP contribution in [0.25, 0.3) is 0 Å². The molecule has 2 aliphatic rings. The Morgan fingerprint density at radius 3 is 2.55 bits per heavy atom. The van der Waals surface area contributed by atoms with Gasteiger partial charge in [-0.1, -0.05) is 31.0 Å². The molecule has 176 valence electrons. The molecule has 1 aromatic carbocycles. The molecule has 1 saturated carbocycles. The molecule has 0 bridgehead atoms. The molecule has 4 amide bonds. The molecule has 2 aromatic rings. The first-order valence-corrected chi connectivity index (χ1v) is 11.6. The normalized spacial score (nSPS) is 17.2. The molecule has 33 heavy (non-hydrogen) atoms. The summed E-state index contributed by atoms with van der Waals surface area (Å²) in [6.07, 6.45) is 3.98. The maximum absolute atomic E-state index is 12.8. The maximum atomic E-state index is 12.8. The van der Waals surface area contributed by atoms with Crippen molar-refractivity contribution in [2.75, 3.05) is 12.9 Å². The van der Waals surface area contributed by atoms with Crippen molar-refractivity contribution in [1.82, 2.24) is 30.5 Å². The van der Waals surface area contributed by atoms with Crippen molar-refractivity contribution in [3.05, 3.63) is 30.1 Å². The second-order valence-corrected chi connectivity index (χ2v) is 8.90. The molecule has 1 saturated heterocycles. The van der Waals surface area contributed by atoms with Gasteiger partial charge in [-0.25, -0.2) is 4.79 Å². The zero-order valence-electron chi connectivity index (χ0n) is 18.5. The summed E-state index contributed by atoms with van der Waals surface area (Å²) < 4.78 is 12.6. The number of benzene rings is 1. The molecule has 0 radical (unpaired) electrons. The average Bonchev–Trinajstić information content (AvgIpc) is 3.28. The monoisotopic (exact) mass is 474 g/mol. The fourth-order valence-corrected chi connectivity index (χ4v) is 4.64. The van der Waals surface area contributed by atoms with Crippen LogP contribution in [0.5, 0.6) is 11.5 Å². The number of carbonyl (C=O) groups is 3. The lowest BCUT2D eigenvalue weighted by molar-refractivity contribution is -0.139. The number of hydrogen-bond acceptors (Lipinski definition) is 8. The van der Waals surface area contributed by atoms with E-state index < -0.39 is 17.5 Å². The van der Waals surface area contributed by atoms with E-state index in [-0.39, 0.29) is 18.3 Å². The number of urea groups is 1. The average molecular weight is 475 g/mol. The Bertz CT molecular complexity index is 1030. The fourth-order valence-electron chi connectivity index (χ4n) is 3.92. The van der Waals surface area contributed by atoms with Gasteiger partial charge >= 0.3 is 6.03 Å². The topological polar surface area (TPSA) is 128 Å². The Morgan fingerprint density at radius 1 is 1.15 bits per heavy atom. The number of imide groups is 1. The highest BCUT2D eigenvalue weighted by molar-refractivity contribution is 7.99. The number of nitrogens with one attached hydrogen (secondary N) is 2. The summed E-state index contributed by atoms with van der Waals surface area (Å²) >= 11 is 1.15. The van der Waals surface area contributed by atoms with Gasteiger partial charge in [0.2, 0.25) is 5.91 Å². The third-order valence-electron chi connectivity index (χ3n) is 5.79. The molecule has 1 spiro atoms. The Kier molecular flexibility index (Phi) is 6.72. The Balaban J connectivity index is 1.28. The molecular weight excluding hydrogens is 448 g/mol. The lowest BCUT2D eigenvalue weighted by atomic mass is 9.82. The van der Waals surface area contributed by atoms with Gasteiger partial charge in [0.25, 0.3) is 5.91 Å². The van der Waals surface area contributed by atoms with E-state index in [2.05, 4.69) is 20.9 Å². The van der Waals surface area contributed by atoms with Crippen LogP contribution >= 0.6 is 11.8 Å². The lowest BCUT2D eigenvalue weighted by Crippen LogP contribution is -2.51. The van der Waals surface area contributed by atoms with Crippen LogP contribution in [0.3, 0.4) is 0 Å². The third-order valence-corrected chi connectivity index (χ3v) is 6.81. The largest absolute Gasteiger partial charge is 0.497 e. The number of carbonyl (C=O) groups excluding carboxylic acids is 3. The standard InChI is InChI=1S/C21H26N6O5S/c1-26-16(12-32-15-8-6-14(31-2)7-9-15)23-24-20(26)33-13-17(28)25-27-18(29)21(22-19(27)30)10-4-3-5-11-21/h6-9H,3-5,10-13H2,1-2H3,(H,22,30)(H,25,28). The summed E-state index contributed by atoms with van der Waals surface area (Å²) in [4.78, 5) is 37.5. The molecule has 2 heterocycles. The summed E-state index contributed by atoms with van der Waals surface area (Å²) in [5.74, 6) is 1.09. The van der Waals surface area contributed by atoms with E-state index in [1.807, 2.05) is 0 Å². The first kappa shape index (κ1) is 22.9. The predicted molar refractivity (Wildman–Crippen MR) is 118 cm³/mol. The van der Waals surface area contributed by atoms with Gasteiger partial charge in [-0.15, -0.1) is 10.2 Å². The third kappa shape index (κ3) is 4.90. The van der Waals surface area contributed by atoms with Crippen molar-refractivity contribution in [2.24, 2.45) is 7.05 Å². The second kappa shape index (κ2) is 9.69. The smallest absolute Gasteiger partial charge is 0.344 e. The molecular formula is C21H26N6O5S. The molecule has 12 heteroatoms. The highest BCUT2D eigenvalue weighted by Gasteiger charge is 2.52. The minimum atomic E-state index is -0.877. The highest BCUT2D eigenvalue weighted by atomic mass is 32.2. The minimum absolute atomic E-state index is 0.0324. The van der Waals surface area contributed by atoms with Crippen LogP contribution in [0.15, 0.2) is 29.4 Å². The van der Waals surface area contributed by atoms with Crippen molar-refractivity contribution >= 4 is 29.6 Å². The van der Waals surface area contributed by atoms with Gasteiger partial charge < -0.3 is 19.4 Å². The van der Waals surface area contributed by atoms with Crippen LogP contribution < -0.4 is 20.2 Å². The van der Waals surface area contributed by atoms with Crippen molar-refractivity contribution in [2.45, 2.75) is 49.4 Å². The van der Waals surface area contributed by atoms with Crippen LogP contribution in [-0.2, 0) is 23.2 Å². The van der Waals surface area contributed by atoms with Crippen molar-refractivity contribution in [1.29, 1.82) is 0 Å². The van der Waals surface area contributed by atoms with E-state index in [4.69, 9.17) is 9.47 Å². The number of thioether (sulfide) groups is 1. The fraction of sp³-hybridized carbons (Fsp3) is 0.476. The number of ether oxygens (including phenoxy) is 2. The molecule has 2 fully saturated rings. The predicted octanol–water partition coefficient (Wildman–Crippen LogP) is 1.78. The van der Waals surface area contributed by atoms with Gasteiger partial charge in [0, 0.05) is 7.05 Å². The van der Waals surface area contributed by atoms with Crippen LogP contribution in [0.1, 0.15) is 37.9 Å². The summed E-state index contributed by atoms with van der Waals surface area (Å²) in [6.45, 7) is 0.202. The Morgan fingerprint density at radius 2 is 1.85 bits per heavy atom. The van der Waals surface area contributed by atoms with Crippen LogP contribution in [-0.4, -0.2) is 56.0 Å². The summed E-state index contributed by atoms with van der Waals surface area (Å²) in [5.41, 5.74) is 1.55. The molecule has 1 aliphatic heterocycles. The molecule has 4 rings (SSSR count). The number of nitrogens with zero attached hydrogens (tertiary/aromatic N) is 4. The number of hydrogen-bond donors (Lipinski definition) is 2. The first-order chi connectivity index (χ1) is 15.9. The Hall–Kier alpha value is -3.28. The van der Waals surface area contributed by atoms with Gasteiger partial charge in [0.15, 0.2) is 11.0 Å². The molecule has 1 aliphatic carbocycles. The Labute approximate surface area is 195 Å². The zero-order chi connectivity index (χ0) is 23.4. The molecule has 0 atom stereocenters. The lowest BCUT2D eigenvalue weighted by Gasteiger charge is -2.30. The van der Waals surface area contributed by atoms with E-state index in [1.54, 1.807) is 43.0 Å². The summed E-state index contributed by atoms with van der Waals surface area (Å²) in [7, 11) is 3.37. The van der Waals surface area contributed by atoms with Gasteiger partial charge in [0.1, 0.15) is 23.6 Å². The van der Waals surface area contributed by atoms with E-state index in [1.165, 1.54) is 0 Å². The van der Waals surface area contributed by atoms with Crippen LogP contribution in [0.2, 0.25) is 0 Å². The second-order valence-electron chi connectivity index (χ2n) is 7.96. The van der Waals surface area contributed by atoms with E-state index >= 15 is 0 Å². The van der Waals surface area contributed by atoms with E-state index in [9.17, 15) is 14.4 Å². The van der Waals surface area contributed by atoms with Gasteiger partial charge in [0.05, 0.1) is 12.9 Å². The van der Waals surface area contributed by atoms with Crippen LogP contribution in [0.4, 0.5) is 4.79 Å². The summed E-state index contributed by atoms with van der Waals surface area (Å²) in [5, 5.41) is 12.3. The quantitative estimate of drug-likeness (QED) is 0.438. The number of aromatic nitrogens is 3. The molecule has 1 aromatic heterocycles. The van der Waals surface area contributed by atoms with E-state index in [0.717, 1.165) is 41.8 Å².